The Balaban J connectivity index is 3.33. The van der Waals surface area contributed by atoms with Crippen molar-refractivity contribution in [2.24, 2.45) is 11.3 Å². The lowest BCUT2D eigenvalue weighted by Gasteiger charge is -2.40. The van der Waals surface area contributed by atoms with Gasteiger partial charge in [0.05, 0.1) is 37.9 Å². The van der Waals surface area contributed by atoms with E-state index in [1.807, 2.05) is 54.5 Å². The van der Waals surface area contributed by atoms with E-state index in [2.05, 4.69) is 26.8 Å². The van der Waals surface area contributed by atoms with E-state index in [0.29, 0.717) is 5.56 Å². The van der Waals surface area contributed by atoms with Crippen molar-refractivity contribution in [1.82, 2.24) is 20.9 Å². The first-order chi connectivity index (χ1) is 21.8. The van der Waals surface area contributed by atoms with Crippen molar-refractivity contribution in [2.45, 2.75) is 97.8 Å². The van der Waals surface area contributed by atoms with E-state index in [9.17, 15) is 29.2 Å². The zero-order valence-electron chi connectivity index (χ0n) is 29.9. The highest BCUT2D eigenvalue weighted by Gasteiger charge is 2.41. The minimum atomic E-state index is -1.07. The second-order valence-corrected chi connectivity index (χ2v) is 13.6. The lowest BCUT2D eigenvalue weighted by molar-refractivity contribution is -0.146. The maximum absolute atomic E-state index is 14.1. The fourth-order valence-electron chi connectivity index (χ4n) is 5.31. The molecule has 1 rings (SSSR count). The Hall–Kier alpha value is -4.24. The summed E-state index contributed by atoms with van der Waals surface area (Å²) in [5.41, 5.74) is 0.0998. The van der Waals surface area contributed by atoms with Crippen LogP contribution in [0.4, 0.5) is 0 Å². The van der Waals surface area contributed by atoms with Gasteiger partial charge < -0.3 is 30.3 Å². The van der Waals surface area contributed by atoms with Gasteiger partial charge in [0.15, 0.2) is 0 Å². The van der Waals surface area contributed by atoms with Crippen LogP contribution in [0.1, 0.15) is 79.4 Å². The van der Waals surface area contributed by atoms with E-state index in [1.165, 1.54) is 19.1 Å². The van der Waals surface area contributed by atoms with Crippen LogP contribution in [0.5, 0.6) is 0 Å². The monoisotopic (exact) mass is 655 g/mol. The van der Waals surface area contributed by atoms with E-state index in [1.54, 1.807) is 45.3 Å². The van der Waals surface area contributed by atoms with E-state index >= 15 is 0 Å². The van der Waals surface area contributed by atoms with Crippen molar-refractivity contribution in [3.8, 4) is 6.07 Å². The number of methoxy groups -OCH3 is 2. The van der Waals surface area contributed by atoms with Gasteiger partial charge >= 0.3 is 11.9 Å². The lowest BCUT2D eigenvalue weighted by Crippen LogP contribution is -2.61. The lowest BCUT2D eigenvalue weighted by atomic mass is 9.76. The molecule has 1 aromatic carbocycles. The van der Waals surface area contributed by atoms with Gasteiger partial charge in [-0.3, -0.25) is 19.2 Å². The number of nitriles is 1. The topological polar surface area (TPSA) is 167 Å². The van der Waals surface area contributed by atoms with Gasteiger partial charge in [-0.05, 0) is 49.4 Å². The largest absolute Gasteiger partial charge is 0.469 e. The van der Waals surface area contributed by atoms with Crippen molar-refractivity contribution >= 4 is 29.7 Å². The standard InChI is InChI=1S/C35H53N5O7/c1-21(2)26(18-22(3)30(42)38-25(33(45)47-12)16-17-27(41)46-11)40(10)32(44)29(34(4,5)6)39-31(43)28(37-9)35(7,8)24-15-13-14-23(19-24)20-36/h13-15,18-19,21,25-26,28-29,37H,16-17H2,1-12H3,(H,38,42)(H,39,43)/b22-18+/t25-,26-,28-,29?/m1/s1. The molecule has 0 saturated heterocycles. The molecule has 1 aromatic rings. The molecule has 4 atom stereocenters. The first kappa shape index (κ1) is 40.8. The second-order valence-electron chi connectivity index (χ2n) is 13.6. The molecule has 0 aliphatic carbocycles. The van der Waals surface area contributed by atoms with Gasteiger partial charge in [-0.25, -0.2) is 4.79 Å². The summed E-state index contributed by atoms with van der Waals surface area (Å²) >= 11 is 0. The molecule has 47 heavy (non-hydrogen) atoms. The second kappa shape index (κ2) is 17.6. The van der Waals surface area contributed by atoms with Crippen molar-refractivity contribution in [2.75, 3.05) is 28.3 Å². The highest BCUT2D eigenvalue weighted by molar-refractivity contribution is 5.96. The quantitative estimate of drug-likeness (QED) is 0.190. The molecule has 0 fully saturated rings. The number of hydrogen-bond acceptors (Lipinski definition) is 9. The molecule has 0 spiro atoms. The Kier molecular flexibility index (Phi) is 15.3. The summed E-state index contributed by atoms with van der Waals surface area (Å²) in [6, 6.07) is 5.94. The molecule has 0 aliphatic heterocycles. The highest BCUT2D eigenvalue weighted by atomic mass is 16.5. The summed E-state index contributed by atoms with van der Waals surface area (Å²) in [5, 5.41) is 18.1. The summed E-state index contributed by atoms with van der Waals surface area (Å²) in [5.74, 6) is -2.65. The zero-order valence-corrected chi connectivity index (χ0v) is 29.9. The molecule has 0 aliphatic rings. The predicted octanol–water partition coefficient (Wildman–Crippen LogP) is 3.00. The molecule has 1 unspecified atom stereocenters. The van der Waals surface area contributed by atoms with Crippen LogP contribution in [-0.4, -0.2) is 87.0 Å². The third-order valence-corrected chi connectivity index (χ3v) is 8.32. The fourth-order valence-corrected chi connectivity index (χ4v) is 5.31. The van der Waals surface area contributed by atoms with Crippen LogP contribution < -0.4 is 16.0 Å². The van der Waals surface area contributed by atoms with Gasteiger partial charge in [-0.15, -0.1) is 0 Å². The van der Waals surface area contributed by atoms with Crippen molar-refractivity contribution in [3.05, 3.63) is 47.0 Å². The van der Waals surface area contributed by atoms with E-state index < -0.39 is 52.8 Å². The van der Waals surface area contributed by atoms with Gasteiger partial charge in [-0.1, -0.05) is 66.7 Å². The third-order valence-electron chi connectivity index (χ3n) is 8.32. The predicted molar refractivity (Wildman–Crippen MR) is 179 cm³/mol. The number of ether oxygens (including phenoxy) is 2. The number of esters is 2. The van der Waals surface area contributed by atoms with E-state index in [0.717, 1.165) is 5.56 Å². The van der Waals surface area contributed by atoms with Gasteiger partial charge in [0.1, 0.15) is 12.1 Å². The van der Waals surface area contributed by atoms with E-state index in [4.69, 9.17) is 4.74 Å². The van der Waals surface area contributed by atoms with E-state index in [-0.39, 0.29) is 36.1 Å². The SMILES string of the molecule is CN[C@H](C(=O)NC(C(=O)N(C)[C@H](/C=C(\C)C(=O)N[C@H](CCC(=O)OC)C(=O)OC)C(C)C)C(C)(C)C)C(C)(C)c1cccc(C#N)c1. The van der Waals surface area contributed by atoms with Crippen molar-refractivity contribution in [3.63, 3.8) is 0 Å². The van der Waals surface area contributed by atoms with Crippen LogP contribution in [0, 0.1) is 22.7 Å². The fraction of sp³-hybridized carbons (Fsp3) is 0.600. The van der Waals surface area contributed by atoms with Crippen LogP contribution >= 0.6 is 0 Å². The normalized spacial score (nSPS) is 14.6. The molecule has 0 heterocycles. The molecular weight excluding hydrogens is 602 g/mol. The van der Waals surface area contributed by atoms with Crippen molar-refractivity contribution in [1.29, 1.82) is 5.26 Å². The van der Waals surface area contributed by atoms with Crippen molar-refractivity contribution < 1.29 is 33.4 Å². The maximum Gasteiger partial charge on any atom is 0.328 e. The molecular formula is C35H53N5O7. The molecule has 0 bridgehead atoms. The number of amides is 3. The van der Waals surface area contributed by atoms with Crippen LogP contribution in [-0.2, 0) is 38.9 Å². The Morgan fingerprint density at radius 1 is 1.00 bits per heavy atom. The number of nitrogens with zero attached hydrogens (tertiary/aromatic N) is 2. The minimum absolute atomic E-state index is 0.00843. The maximum atomic E-state index is 14.1. The Morgan fingerprint density at radius 3 is 2.11 bits per heavy atom. The average Bonchev–Trinajstić information content (AvgIpc) is 3.02. The summed E-state index contributed by atoms with van der Waals surface area (Å²) in [7, 11) is 5.72. The summed E-state index contributed by atoms with van der Waals surface area (Å²) in [4.78, 5) is 66.6. The van der Waals surface area contributed by atoms with Gasteiger partial charge in [0, 0.05) is 24.5 Å². The zero-order chi connectivity index (χ0) is 36.3. The molecule has 0 radical (unpaired) electrons. The van der Waals surface area contributed by atoms with Crippen LogP contribution in [0.2, 0.25) is 0 Å². The Bertz CT molecular complexity index is 1360. The number of carbonyl (C=O) groups is 5. The summed E-state index contributed by atoms with van der Waals surface area (Å²) < 4.78 is 9.42. The average molecular weight is 656 g/mol. The smallest absolute Gasteiger partial charge is 0.328 e. The number of nitrogens with one attached hydrogen (secondary N) is 3. The number of benzene rings is 1. The third kappa shape index (κ3) is 11.2. The molecule has 260 valence electrons. The summed E-state index contributed by atoms with van der Waals surface area (Å²) in [6.07, 6.45) is 1.55. The molecule has 12 nitrogen and oxygen atoms in total. The highest BCUT2D eigenvalue weighted by Crippen LogP contribution is 2.29. The Labute approximate surface area is 279 Å². The molecule has 3 amide bonds. The molecule has 3 N–H and O–H groups in total. The van der Waals surface area contributed by atoms with Crippen LogP contribution in [0.15, 0.2) is 35.9 Å². The Morgan fingerprint density at radius 2 is 1.62 bits per heavy atom. The van der Waals surface area contributed by atoms with Gasteiger partial charge in [-0.2, -0.15) is 5.26 Å². The van der Waals surface area contributed by atoms with Crippen LogP contribution in [0.3, 0.4) is 0 Å². The molecule has 12 heteroatoms. The first-order valence-corrected chi connectivity index (χ1v) is 15.7. The number of carbonyl (C=O) groups excluding carboxylic acids is 5. The first-order valence-electron chi connectivity index (χ1n) is 15.7. The molecule has 0 aromatic heterocycles. The number of rotatable bonds is 15. The van der Waals surface area contributed by atoms with Gasteiger partial charge in [0.2, 0.25) is 17.7 Å². The minimum Gasteiger partial charge on any atom is -0.469 e. The number of likely N-dealkylation sites (N-methyl/N-ethyl adjacent to an activating group) is 2. The number of hydrogen-bond donors (Lipinski definition) is 3. The molecule has 0 saturated carbocycles. The van der Waals surface area contributed by atoms with Gasteiger partial charge in [0.25, 0.3) is 0 Å². The van der Waals surface area contributed by atoms with Crippen LogP contribution in [0.25, 0.3) is 0 Å². The summed E-state index contributed by atoms with van der Waals surface area (Å²) in [6.45, 7) is 14.8.